The number of aromatic amines is 1. The van der Waals surface area contributed by atoms with Crippen molar-refractivity contribution >= 4 is 17.4 Å². The number of nitrogens with two attached hydrogens (primary N) is 1. The molecule has 0 aliphatic carbocycles. The van der Waals surface area contributed by atoms with Crippen molar-refractivity contribution in [1.29, 1.82) is 0 Å². The van der Waals surface area contributed by atoms with Crippen molar-refractivity contribution in [3.63, 3.8) is 0 Å². The molecule has 4 nitrogen and oxygen atoms in total. The van der Waals surface area contributed by atoms with Crippen LogP contribution in [0, 0.1) is 0 Å². The van der Waals surface area contributed by atoms with E-state index in [1.165, 1.54) is 0 Å². The molecule has 0 radical (unpaired) electrons. The molecule has 0 bridgehead atoms. The molecular formula is C8H12ClN3O. The summed E-state index contributed by atoms with van der Waals surface area (Å²) < 4.78 is 0. The fourth-order valence-electron chi connectivity index (χ4n) is 1.17. The van der Waals surface area contributed by atoms with E-state index in [1.54, 1.807) is 0 Å². The van der Waals surface area contributed by atoms with Gasteiger partial charge in [-0.25, -0.2) is 4.98 Å². The van der Waals surface area contributed by atoms with Crippen LogP contribution >= 0.6 is 11.6 Å². The van der Waals surface area contributed by atoms with Crippen LogP contribution < -0.4 is 11.3 Å². The number of anilines is 1. The number of aromatic nitrogens is 2. The number of nitrogens with zero attached hydrogens (tertiary/aromatic N) is 1. The second kappa shape index (κ2) is 3.79. The Hall–Kier alpha value is -1.03. The van der Waals surface area contributed by atoms with Gasteiger partial charge in [-0.2, -0.15) is 0 Å². The number of hydrogen-bond acceptors (Lipinski definition) is 3. The smallest absolute Gasteiger partial charge is 0.256 e. The van der Waals surface area contributed by atoms with Crippen LogP contribution in [0.1, 0.15) is 31.2 Å². The number of alkyl halides is 1. The summed E-state index contributed by atoms with van der Waals surface area (Å²) in [5.74, 6) is 0.918. The summed E-state index contributed by atoms with van der Waals surface area (Å²) in [6.07, 6.45) is 0. The summed E-state index contributed by atoms with van der Waals surface area (Å²) in [5.41, 5.74) is 5.93. The molecule has 0 aliphatic rings. The number of H-pyrrole nitrogens is 1. The van der Waals surface area contributed by atoms with Crippen molar-refractivity contribution in [3.05, 3.63) is 21.7 Å². The van der Waals surface area contributed by atoms with E-state index in [0.717, 1.165) is 0 Å². The average molecular weight is 202 g/mol. The van der Waals surface area contributed by atoms with Gasteiger partial charge in [-0.1, -0.05) is 13.8 Å². The summed E-state index contributed by atoms with van der Waals surface area (Å²) in [5, 5.41) is 0. The third-order valence-corrected chi connectivity index (χ3v) is 1.99. The quantitative estimate of drug-likeness (QED) is 0.707. The number of halogens is 1. The Morgan fingerprint density at radius 3 is 2.62 bits per heavy atom. The SMILES string of the molecule is CC(C)c1c(N)nc(CCl)[nH]c1=O. The Morgan fingerprint density at radius 1 is 1.62 bits per heavy atom. The Kier molecular flexibility index (Phi) is 2.93. The second-order valence-corrected chi connectivity index (χ2v) is 3.37. The van der Waals surface area contributed by atoms with Gasteiger partial charge in [0.25, 0.3) is 5.56 Å². The normalized spacial score (nSPS) is 10.8. The molecule has 0 saturated carbocycles. The fourth-order valence-corrected chi connectivity index (χ4v) is 1.30. The van der Waals surface area contributed by atoms with Crippen LogP contribution in [0.5, 0.6) is 0 Å². The molecule has 1 heterocycles. The minimum Gasteiger partial charge on any atom is -0.383 e. The van der Waals surface area contributed by atoms with E-state index >= 15 is 0 Å². The monoisotopic (exact) mass is 201 g/mol. The van der Waals surface area contributed by atoms with E-state index < -0.39 is 0 Å². The average Bonchev–Trinajstić information content (AvgIpc) is 2.02. The molecule has 3 N–H and O–H groups in total. The molecule has 72 valence electrons. The summed E-state index contributed by atoms with van der Waals surface area (Å²) in [4.78, 5) is 18.0. The zero-order valence-corrected chi connectivity index (χ0v) is 8.35. The largest absolute Gasteiger partial charge is 0.383 e. The molecule has 1 aromatic rings. The summed E-state index contributed by atoms with van der Waals surface area (Å²) in [6, 6.07) is 0. The lowest BCUT2D eigenvalue weighted by atomic mass is 10.1. The highest BCUT2D eigenvalue weighted by Gasteiger charge is 2.11. The molecule has 13 heavy (non-hydrogen) atoms. The first kappa shape index (κ1) is 10.1. The summed E-state index contributed by atoms with van der Waals surface area (Å²) >= 11 is 5.51. The molecule has 0 aliphatic heterocycles. The number of nitrogen functional groups attached to an aromatic ring is 1. The molecule has 0 saturated heterocycles. The van der Waals surface area contributed by atoms with Crippen molar-refractivity contribution in [3.8, 4) is 0 Å². The van der Waals surface area contributed by atoms with E-state index in [-0.39, 0.29) is 23.2 Å². The molecule has 0 atom stereocenters. The molecule has 0 spiro atoms. The minimum absolute atomic E-state index is 0.0700. The van der Waals surface area contributed by atoms with Gasteiger partial charge in [0.1, 0.15) is 11.6 Å². The predicted molar refractivity (Wildman–Crippen MR) is 52.9 cm³/mol. The molecular weight excluding hydrogens is 190 g/mol. The van der Waals surface area contributed by atoms with Crippen LogP contribution in [0.2, 0.25) is 0 Å². The van der Waals surface area contributed by atoms with Gasteiger partial charge in [-0.15, -0.1) is 11.6 Å². The lowest BCUT2D eigenvalue weighted by molar-refractivity contribution is 0.824. The highest BCUT2D eigenvalue weighted by molar-refractivity contribution is 6.16. The first-order valence-electron chi connectivity index (χ1n) is 4.00. The number of rotatable bonds is 2. The first-order valence-corrected chi connectivity index (χ1v) is 4.54. The predicted octanol–water partition coefficient (Wildman–Crippen LogP) is 1.21. The van der Waals surface area contributed by atoms with Crippen LogP contribution in [-0.2, 0) is 5.88 Å². The number of hydrogen-bond donors (Lipinski definition) is 2. The van der Waals surface area contributed by atoms with E-state index in [4.69, 9.17) is 17.3 Å². The Morgan fingerprint density at radius 2 is 2.23 bits per heavy atom. The van der Waals surface area contributed by atoms with Crippen LogP contribution in [0.25, 0.3) is 0 Å². The maximum atomic E-state index is 11.4. The van der Waals surface area contributed by atoms with Crippen LogP contribution in [-0.4, -0.2) is 9.97 Å². The van der Waals surface area contributed by atoms with Gasteiger partial charge in [0.05, 0.1) is 11.4 Å². The first-order chi connectivity index (χ1) is 6.06. The Labute approximate surface area is 81.1 Å². The molecule has 0 fully saturated rings. The molecule has 1 rings (SSSR count). The standard InChI is InChI=1S/C8H12ClN3O/c1-4(2)6-7(10)11-5(3-9)12-8(6)13/h4H,3H2,1-2H3,(H3,10,11,12,13). The molecule has 5 heteroatoms. The van der Waals surface area contributed by atoms with Crippen LogP contribution in [0.4, 0.5) is 5.82 Å². The van der Waals surface area contributed by atoms with Gasteiger partial charge in [-0.05, 0) is 5.92 Å². The van der Waals surface area contributed by atoms with E-state index in [0.29, 0.717) is 11.4 Å². The summed E-state index contributed by atoms with van der Waals surface area (Å²) in [6.45, 7) is 3.78. The molecule has 1 aromatic heterocycles. The van der Waals surface area contributed by atoms with Gasteiger partial charge in [0.15, 0.2) is 0 Å². The van der Waals surface area contributed by atoms with Crippen LogP contribution in [0.15, 0.2) is 4.79 Å². The van der Waals surface area contributed by atoms with Gasteiger partial charge < -0.3 is 10.7 Å². The van der Waals surface area contributed by atoms with Crippen molar-refractivity contribution in [2.24, 2.45) is 0 Å². The molecule has 0 amide bonds. The lowest BCUT2D eigenvalue weighted by Gasteiger charge is -2.07. The zero-order chi connectivity index (χ0) is 10.0. The minimum atomic E-state index is -0.196. The van der Waals surface area contributed by atoms with Gasteiger partial charge >= 0.3 is 0 Å². The summed E-state index contributed by atoms with van der Waals surface area (Å²) in [7, 11) is 0. The topological polar surface area (TPSA) is 71.8 Å². The van der Waals surface area contributed by atoms with Gasteiger partial charge in [0.2, 0.25) is 0 Å². The Balaban J connectivity index is 3.32. The third-order valence-electron chi connectivity index (χ3n) is 1.74. The molecule has 0 unspecified atom stereocenters. The van der Waals surface area contributed by atoms with Crippen molar-refractivity contribution < 1.29 is 0 Å². The van der Waals surface area contributed by atoms with Crippen molar-refractivity contribution in [2.75, 3.05) is 5.73 Å². The van der Waals surface area contributed by atoms with E-state index in [2.05, 4.69) is 9.97 Å². The Bertz CT molecular complexity index is 359. The van der Waals surface area contributed by atoms with E-state index in [9.17, 15) is 4.79 Å². The zero-order valence-electron chi connectivity index (χ0n) is 7.60. The maximum Gasteiger partial charge on any atom is 0.256 e. The van der Waals surface area contributed by atoms with E-state index in [1.807, 2.05) is 13.8 Å². The van der Waals surface area contributed by atoms with Gasteiger partial charge in [-0.3, -0.25) is 4.79 Å². The lowest BCUT2D eigenvalue weighted by Crippen LogP contribution is -2.20. The van der Waals surface area contributed by atoms with Crippen molar-refractivity contribution in [1.82, 2.24) is 9.97 Å². The third kappa shape index (κ3) is 2.01. The maximum absolute atomic E-state index is 11.4. The van der Waals surface area contributed by atoms with Crippen molar-refractivity contribution in [2.45, 2.75) is 25.6 Å². The highest BCUT2D eigenvalue weighted by Crippen LogP contribution is 2.14. The second-order valence-electron chi connectivity index (χ2n) is 3.10. The highest BCUT2D eigenvalue weighted by atomic mass is 35.5. The number of nitrogens with one attached hydrogen (secondary N) is 1. The molecule has 0 aromatic carbocycles. The van der Waals surface area contributed by atoms with Crippen LogP contribution in [0.3, 0.4) is 0 Å². The fraction of sp³-hybridized carbons (Fsp3) is 0.500. The van der Waals surface area contributed by atoms with Gasteiger partial charge in [0, 0.05) is 0 Å².